The third-order valence-electron chi connectivity index (χ3n) is 5.97. The number of halogens is 4. The van der Waals surface area contributed by atoms with Gasteiger partial charge < -0.3 is 15.3 Å². The summed E-state index contributed by atoms with van der Waals surface area (Å²) in [5.41, 5.74) is -4.40. The average Bonchev–Trinajstić information content (AvgIpc) is 3.22. The van der Waals surface area contributed by atoms with E-state index in [4.69, 9.17) is 0 Å². The molecule has 4 N–H and O–H groups in total. The van der Waals surface area contributed by atoms with Crippen molar-refractivity contribution in [1.82, 2.24) is 4.72 Å². The molecule has 0 radical (unpaired) electrons. The normalized spacial score (nSPS) is 24.1. The highest BCUT2D eigenvalue weighted by molar-refractivity contribution is 9.11. The minimum atomic E-state index is -5.70. The molecule has 0 unspecified atom stereocenters. The number of thiophene rings is 1. The summed E-state index contributed by atoms with van der Waals surface area (Å²) in [6.45, 7) is 2.00. The van der Waals surface area contributed by atoms with Crippen LogP contribution in [0.4, 0.5) is 13.2 Å². The van der Waals surface area contributed by atoms with Crippen molar-refractivity contribution in [3.8, 4) is 0 Å². The molecule has 0 aliphatic heterocycles. The number of unbranched alkanes of at least 4 members (excludes halogenated alkanes) is 1. The molecule has 0 bridgehead atoms. The molecule has 1 aliphatic carbocycles. The van der Waals surface area contributed by atoms with E-state index in [2.05, 4.69) is 22.0 Å². The van der Waals surface area contributed by atoms with Gasteiger partial charge in [0.25, 0.3) is 0 Å². The average molecular weight is 619 g/mol. The van der Waals surface area contributed by atoms with Gasteiger partial charge in [-0.05, 0) is 72.5 Å². The fraction of sp³-hybridized carbons (Fsp3) is 0.609. The van der Waals surface area contributed by atoms with Gasteiger partial charge in [0.05, 0.1) is 22.1 Å². The maximum Gasteiger partial charge on any atom is 0.516 e. The molecule has 0 saturated heterocycles. The Morgan fingerprint density at radius 2 is 2.00 bits per heavy atom. The van der Waals surface area contributed by atoms with Crippen LogP contribution in [0.5, 0.6) is 0 Å². The summed E-state index contributed by atoms with van der Waals surface area (Å²) < 4.78 is 60.7. The van der Waals surface area contributed by atoms with E-state index < -0.39 is 46.2 Å². The Balaban J connectivity index is 1.78. The number of aliphatic hydroxyl groups is 3. The van der Waals surface area contributed by atoms with Crippen LogP contribution in [-0.2, 0) is 21.2 Å². The van der Waals surface area contributed by atoms with Crippen molar-refractivity contribution in [2.45, 2.75) is 75.7 Å². The fourth-order valence-corrected chi connectivity index (χ4v) is 6.17. The maximum atomic E-state index is 12.3. The van der Waals surface area contributed by atoms with Crippen molar-refractivity contribution in [2.75, 3.05) is 0 Å². The molecule has 0 spiro atoms. The van der Waals surface area contributed by atoms with E-state index in [0.717, 1.165) is 18.9 Å². The quantitative estimate of drug-likeness (QED) is 0.207. The molecule has 1 saturated carbocycles. The summed E-state index contributed by atoms with van der Waals surface area (Å²) in [5, 5.41) is 31.0. The number of nitrogens with one attached hydrogen (secondary N) is 1. The predicted molar refractivity (Wildman–Crippen MR) is 135 cm³/mol. The van der Waals surface area contributed by atoms with E-state index in [0.29, 0.717) is 25.7 Å². The lowest BCUT2D eigenvalue weighted by Crippen LogP contribution is -2.40. The molecule has 2 rings (SSSR count). The zero-order valence-electron chi connectivity index (χ0n) is 19.6. The number of rotatable bonds is 12. The first-order valence-electron chi connectivity index (χ1n) is 11.5. The van der Waals surface area contributed by atoms with Gasteiger partial charge in [-0.15, -0.1) is 11.3 Å². The number of carbonyl (C=O) groups excluding carboxylic acids is 1. The number of aryl methyl sites for hydroxylation is 2. The molecule has 13 heteroatoms. The molecular formula is C23H31BrF3NO6S2. The SMILES string of the molecule is Cc1cc(CC[C@H](O)C=C[C@@H]2[C@@H](CC=CCCCC(=O)NS(=O)(=O)C(F)(F)F)[C@@H](O)C[C@H]2O)sc1Br. The Morgan fingerprint density at radius 3 is 2.61 bits per heavy atom. The first-order valence-corrected chi connectivity index (χ1v) is 14.5. The van der Waals surface area contributed by atoms with E-state index in [1.165, 1.54) is 0 Å². The number of aliphatic hydroxyl groups excluding tert-OH is 3. The maximum absolute atomic E-state index is 12.3. The lowest BCUT2D eigenvalue weighted by atomic mass is 9.89. The molecule has 1 aromatic heterocycles. The van der Waals surface area contributed by atoms with Gasteiger partial charge in [0.1, 0.15) is 0 Å². The number of allylic oxidation sites excluding steroid dienone is 2. The molecule has 36 heavy (non-hydrogen) atoms. The summed E-state index contributed by atoms with van der Waals surface area (Å²) in [6, 6.07) is 2.07. The lowest BCUT2D eigenvalue weighted by Gasteiger charge is -2.19. The number of hydrogen-bond donors (Lipinski definition) is 4. The van der Waals surface area contributed by atoms with Crippen LogP contribution >= 0.6 is 27.3 Å². The van der Waals surface area contributed by atoms with Crippen molar-refractivity contribution in [1.29, 1.82) is 0 Å². The summed E-state index contributed by atoms with van der Waals surface area (Å²) >= 11 is 5.11. The Bertz CT molecular complexity index is 1020. The number of hydrogen-bond acceptors (Lipinski definition) is 7. The Hall–Kier alpha value is -1.25. The highest BCUT2D eigenvalue weighted by atomic mass is 79.9. The lowest BCUT2D eigenvalue weighted by molar-refractivity contribution is -0.120. The first-order chi connectivity index (χ1) is 16.7. The summed E-state index contributed by atoms with van der Waals surface area (Å²) in [5.74, 6) is -1.87. The molecule has 1 aromatic rings. The van der Waals surface area contributed by atoms with E-state index in [1.54, 1.807) is 35.6 Å². The summed E-state index contributed by atoms with van der Waals surface area (Å²) in [6.07, 6.45) is 6.58. The molecular weight excluding hydrogens is 587 g/mol. The number of carbonyl (C=O) groups is 1. The van der Waals surface area contributed by atoms with Gasteiger partial charge in [0, 0.05) is 23.6 Å². The Labute approximate surface area is 221 Å². The molecule has 1 fully saturated rings. The second kappa shape index (κ2) is 13.5. The molecule has 1 heterocycles. The highest BCUT2D eigenvalue weighted by Gasteiger charge is 2.46. The monoisotopic (exact) mass is 617 g/mol. The van der Waals surface area contributed by atoms with Gasteiger partial charge in [0.2, 0.25) is 5.91 Å². The number of amides is 1. The Morgan fingerprint density at radius 1 is 1.31 bits per heavy atom. The van der Waals surface area contributed by atoms with Gasteiger partial charge >= 0.3 is 15.5 Å². The minimum absolute atomic E-state index is 0.140. The van der Waals surface area contributed by atoms with Crippen LogP contribution in [0.15, 0.2) is 34.2 Å². The van der Waals surface area contributed by atoms with Gasteiger partial charge in [-0.25, -0.2) is 4.72 Å². The predicted octanol–water partition coefficient (Wildman–Crippen LogP) is 4.11. The highest BCUT2D eigenvalue weighted by Crippen LogP contribution is 2.36. The van der Waals surface area contributed by atoms with Crippen molar-refractivity contribution < 1.29 is 41.7 Å². The van der Waals surface area contributed by atoms with E-state index in [9.17, 15) is 41.7 Å². The second-order valence-electron chi connectivity index (χ2n) is 8.85. The summed E-state index contributed by atoms with van der Waals surface area (Å²) in [4.78, 5) is 12.6. The van der Waals surface area contributed by atoms with E-state index in [-0.39, 0.29) is 24.7 Å². The number of alkyl halides is 3. The van der Waals surface area contributed by atoms with Gasteiger partial charge in [-0.3, -0.25) is 4.79 Å². The van der Waals surface area contributed by atoms with Gasteiger partial charge in [-0.2, -0.15) is 21.6 Å². The van der Waals surface area contributed by atoms with Crippen molar-refractivity contribution in [3.63, 3.8) is 0 Å². The molecule has 7 nitrogen and oxygen atoms in total. The van der Waals surface area contributed by atoms with E-state index in [1.807, 2.05) is 6.92 Å². The van der Waals surface area contributed by atoms with Crippen LogP contribution in [0.2, 0.25) is 0 Å². The third-order valence-corrected chi connectivity index (χ3v) is 9.27. The van der Waals surface area contributed by atoms with Crippen LogP contribution in [0.1, 0.15) is 49.0 Å². The first kappa shape index (κ1) is 31.0. The van der Waals surface area contributed by atoms with Crippen molar-refractivity contribution in [2.24, 2.45) is 11.8 Å². The van der Waals surface area contributed by atoms with Crippen LogP contribution in [-0.4, -0.2) is 53.5 Å². The zero-order chi connectivity index (χ0) is 27.1. The molecule has 1 amide bonds. The van der Waals surface area contributed by atoms with Gasteiger partial charge in [0.15, 0.2) is 0 Å². The van der Waals surface area contributed by atoms with Crippen molar-refractivity contribution >= 4 is 43.2 Å². The van der Waals surface area contributed by atoms with Crippen LogP contribution in [0, 0.1) is 18.8 Å². The van der Waals surface area contributed by atoms with Crippen LogP contribution in [0.25, 0.3) is 0 Å². The summed E-state index contributed by atoms with van der Waals surface area (Å²) in [7, 11) is -5.70. The Kier molecular flexibility index (Phi) is 11.6. The van der Waals surface area contributed by atoms with Crippen molar-refractivity contribution in [3.05, 3.63) is 44.6 Å². The number of sulfonamides is 1. The minimum Gasteiger partial charge on any atom is -0.393 e. The largest absolute Gasteiger partial charge is 0.516 e. The topological polar surface area (TPSA) is 124 Å². The standard InChI is InChI=1S/C23H31BrF3NO6S2/c1-14-12-16(35-22(14)24)10-8-15(29)9-11-18-17(19(30)13-20(18)31)6-4-2-3-5-7-21(32)28-36(33,34)23(25,26)27/h2,4,9,11-12,15,17-20,29-31H,3,5-8,10,13H2,1H3,(H,28,32)/t15-,17+,18+,19-,20+/m0/s1. The van der Waals surface area contributed by atoms with E-state index >= 15 is 0 Å². The third kappa shape index (κ3) is 9.25. The van der Waals surface area contributed by atoms with Gasteiger partial charge in [-0.1, -0.05) is 24.3 Å². The molecule has 204 valence electrons. The van der Waals surface area contributed by atoms with Crippen LogP contribution in [0.3, 0.4) is 0 Å². The fourth-order valence-electron chi connectivity index (χ4n) is 4.01. The molecule has 0 aromatic carbocycles. The van der Waals surface area contributed by atoms with Crippen LogP contribution < -0.4 is 4.72 Å². The second-order valence-corrected chi connectivity index (χ2v) is 13.0. The smallest absolute Gasteiger partial charge is 0.393 e. The molecule has 1 aliphatic rings. The zero-order valence-corrected chi connectivity index (χ0v) is 22.8. The molecule has 5 atom stereocenters.